The highest BCUT2D eigenvalue weighted by molar-refractivity contribution is 5.97. The predicted octanol–water partition coefficient (Wildman–Crippen LogP) is 1.56. The number of likely N-dealkylation sites (N-methyl/N-ethyl adjacent to an activating group) is 1. The van der Waals surface area contributed by atoms with E-state index < -0.39 is 0 Å². The molecule has 5 heteroatoms. The number of carbonyl (C=O) groups is 2. The molecule has 110 valence electrons. The zero-order valence-electron chi connectivity index (χ0n) is 12.6. The van der Waals surface area contributed by atoms with Crippen LogP contribution >= 0.6 is 0 Å². The molecule has 0 aliphatic heterocycles. The molecule has 1 aromatic carbocycles. The van der Waals surface area contributed by atoms with Crippen molar-refractivity contribution in [3.8, 4) is 0 Å². The Bertz CT molecular complexity index is 498. The minimum atomic E-state index is -0.182. The molecule has 3 N–H and O–H groups in total. The number of anilines is 1. The zero-order chi connectivity index (χ0) is 15.3. The Kier molecular flexibility index (Phi) is 5.55. The number of nitrogens with two attached hydrogens (primary N) is 1. The zero-order valence-corrected chi connectivity index (χ0v) is 12.6. The summed E-state index contributed by atoms with van der Waals surface area (Å²) in [7, 11) is 0. The molecule has 0 fully saturated rings. The molecule has 0 aliphatic carbocycles. The Labute approximate surface area is 120 Å². The molecule has 0 atom stereocenters. The van der Waals surface area contributed by atoms with Gasteiger partial charge in [-0.05, 0) is 45.4 Å². The van der Waals surface area contributed by atoms with Crippen LogP contribution < -0.4 is 11.1 Å². The fraction of sp³-hybridized carbons (Fsp3) is 0.467. The van der Waals surface area contributed by atoms with Crippen LogP contribution in [0.25, 0.3) is 0 Å². The molecule has 0 radical (unpaired) electrons. The first-order chi connectivity index (χ1) is 9.35. The van der Waals surface area contributed by atoms with E-state index in [2.05, 4.69) is 5.32 Å². The van der Waals surface area contributed by atoms with Crippen LogP contribution in [0.4, 0.5) is 5.69 Å². The maximum atomic E-state index is 12.4. The number of nitrogens with zero attached hydrogens (tertiary/aromatic N) is 1. The lowest BCUT2D eigenvalue weighted by atomic mass is 10.1. The Morgan fingerprint density at radius 2 is 2.00 bits per heavy atom. The van der Waals surface area contributed by atoms with Crippen LogP contribution in [-0.2, 0) is 4.79 Å². The van der Waals surface area contributed by atoms with Crippen molar-refractivity contribution in [2.45, 2.75) is 33.7 Å². The van der Waals surface area contributed by atoms with Gasteiger partial charge in [-0.3, -0.25) is 9.59 Å². The van der Waals surface area contributed by atoms with Crippen LogP contribution in [0.15, 0.2) is 18.2 Å². The second kappa shape index (κ2) is 6.93. The molecule has 1 aromatic rings. The molecule has 0 aliphatic rings. The summed E-state index contributed by atoms with van der Waals surface area (Å²) in [6, 6.07) is 5.26. The number of carbonyl (C=O) groups excluding carboxylic acids is 2. The van der Waals surface area contributed by atoms with Gasteiger partial charge in [-0.2, -0.15) is 0 Å². The summed E-state index contributed by atoms with van der Waals surface area (Å²) < 4.78 is 0. The van der Waals surface area contributed by atoms with Gasteiger partial charge in [0, 0.05) is 23.8 Å². The van der Waals surface area contributed by atoms with E-state index in [1.807, 2.05) is 33.8 Å². The molecule has 0 saturated carbocycles. The normalized spacial score (nSPS) is 10.4. The molecular formula is C15H23N3O2. The maximum absolute atomic E-state index is 12.4. The lowest BCUT2D eigenvalue weighted by molar-refractivity contribution is -0.122. The van der Waals surface area contributed by atoms with Gasteiger partial charge in [0.05, 0.1) is 6.54 Å². The van der Waals surface area contributed by atoms with E-state index in [1.54, 1.807) is 12.1 Å². The monoisotopic (exact) mass is 277 g/mol. The van der Waals surface area contributed by atoms with E-state index in [0.717, 1.165) is 5.56 Å². The first-order valence-corrected chi connectivity index (χ1v) is 6.80. The van der Waals surface area contributed by atoms with Crippen molar-refractivity contribution in [2.75, 3.05) is 18.8 Å². The molecule has 1 rings (SSSR count). The van der Waals surface area contributed by atoms with E-state index in [9.17, 15) is 9.59 Å². The quantitative estimate of drug-likeness (QED) is 0.802. The summed E-state index contributed by atoms with van der Waals surface area (Å²) >= 11 is 0. The summed E-state index contributed by atoms with van der Waals surface area (Å²) in [5.41, 5.74) is 7.84. The van der Waals surface area contributed by atoms with Gasteiger partial charge in [-0.1, -0.05) is 6.07 Å². The summed E-state index contributed by atoms with van der Waals surface area (Å²) in [4.78, 5) is 25.6. The van der Waals surface area contributed by atoms with Gasteiger partial charge in [-0.15, -0.1) is 0 Å². The summed E-state index contributed by atoms with van der Waals surface area (Å²) in [5, 5.41) is 2.78. The van der Waals surface area contributed by atoms with Crippen molar-refractivity contribution in [1.29, 1.82) is 0 Å². The molecular weight excluding hydrogens is 254 g/mol. The number of nitrogens with one attached hydrogen (secondary N) is 1. The minimum absolute atomic E-state index is 0.0568. The SMILES string of the molecule is CCN(CC(=O)NC(C)C)C(=O)c1ccc(C)c(N)c1. The highest BCUT2D eigenvalue weighted by Gasteiger charge is 2.18. The smallest absolute Gasteiger partial charge is 0.254 e. The number of benzene rings is 1. The molecule has 0 unspecified atom stereocenters. The molecule has 20 heavy (non-hydrogen) atoms. The molecule has 0 bridgehead atoms. The number of amides is 2. The van der Waals surface area contributed by atoms with Crippen LogP contribution in [0.1, 0.15) is 36.7 Å². The predicted molar refractivity (Wildman–Crippen MR) is 80.4 cm³/mol. The van der Waals surface area contributed by atoms with Gasteiger partial charge < -0.3 is 16.0 Å². The fourth-order valence-electron chi connectivity index (χ4n) is 1.82. The number of hydrogen-bond acceptors (Lipinski definition) is 3. The minimum Gasteiger partial charge on any atom is -0.398 e. The van der Waals surface area contributed by atoms with Crippen molar-refractivity contribution < 1.29 is 9.59 Å². The first-order valence-electron chi connectivity index (χ1n) is 6.80. The van der Waals surface area contributed by atoms with Crippen molar-refractivity contribution in [2.24, 2.45) is 0 Å². The Morgan fingerprint density at radius 1 is 1.35 bits per heavy atom. The standard InChI is InChI=1S/C15H23N3O2/c1-5-18(9-14(19)17-10(2)3)15(20)12-7-6-11(4)13(16)8-12/h6-8,10H,5,9,16H2,1-4H3,(H,17,19). The highest BCUT2D eigenvalue weighted by atomic mass is 16.2. The third-order valence-electron chi connectivity index (χ3n) is 2.98. The third kappa shape index (κ3) is 4.26. The Morgan fingerprint density at radius 3 is 2.50 bits per heavy atom. The average molecular weight is 277 g/mol. The van der Waals surface area contributed by atoms with Crippen LogP contribution in [0.2, 0.25) is 0 Å². The summed E-state index contributed by atoms with van der Waals surface area (Å²) in [6.07, 6.45) is 0. The highest BCUT2D eigenvalue weighted by Crippen LogP contribution is 2.14. The molecule has 0 heterocycles. The Hall–Kier alpha value is -2.04. The second-order valence-electron chi connectivity index (χ2n) is 5.11. The fourth-order valence-corrected chi connectivity index (χ4v) is 1.82. The van der Waals surface area contributed by atoms with E-state index >= 15 is 0 Å². The van der Waals surface area contributed by atoms with Crippen LogP contribution in [0, 0.1) is 6.92 Å². The summed E-state index contributed by atoms with van der Waals surface area (Å²) in [5.74, 6) is -0.339. The van der Waals surface area contributed by atoms with Gasteiger partial charge in [-0.25, -0.2) is 0 Å². The van der Waals surface area contributed by atoms with Crippen molar-refractivity contribution in [3.63, 3.8) is 0 Å². The van der Waals surface area contributed by atoms with Gasteiger partial charge in [0.1, 0.15) is 0 Å². The van der Waals surface area contributed by atoms with E-state index in [-0.39, 0.29) is 24.4 Å². The van der Waals surface area contributed by atoms with Crippen molar-refractivity contribution in [1.82, 2.24) is 10.2 Å². The summed E-state index contributed by atoms with van der Waals surface area (Å²) in [6.45, 7) is 8.03. The topological polar surface area (TPSA) is 75.4 Å². The lowest BCUT2D eigenvalue weighted by Crippen LogP contribution is -2.42. The van der Waals surface area contributed by atoms with E-state index in [0.29, 0.717) is 17.8 Å². The van der Waals surface area contributed by atoms with Gasteiger partial charge in [0.25, 0.3) is 5.91 Å². The first kappa shape index (κ1) is 16.0. The molecule has 2 amide bonds. The van der Waals surface area contributed by atoms with E-state index in [1.165, 1.54) is 4.90 Å². The van der Waals surface area contributed by atoms with Crippen LogP contribution in [0.5, 0.6) is 0 Å². The Balaban J connectivity index is 2.81. The molecule has 0 spiro atoms. The third-order valence-corrected chi connectivity index (χ3v) is 2.98. The number of hydrogen-bond donors (Lipinski definition) is 2. The van der Waals surface area contributed by atoms with Crippen molar-refractivity contribution >= 4 is 17.5 Å². The second-order valence-corrected chi connectivity index (χ2v) is 5.11. The van der Waals surface area contributed by atoms with Gasteiger partial charge in [0.2, 0.25) is 5.91 Å². The largest absolute Gasteiger partial charge is 0.398 e. The molecule has 0 saturated heterocycles. The van der Waals surface area contributed by atoms with Gasteiger partial charge >= 0.3 is 0 Å². The van der Waals surface area contributed by atoms with Crippen molar-refractivity contribution in [3.05, 3.63) is 29.3 Å². The van der Waals surface area contributed by atoms with Gasteiger partial charge in [0.15, 0.2) is 0 Å². The van der Waals surface area contributed by atoms with Crippen LogP contribution in [0.3, 0.4) is 0 Å². The average Bonchev–Trinajstić information content (AvgIpc) is 2.37. The number of rotatable bonds is 5. The maximum Gasteiger partial charge on any atom is 0.254 e. The van der Waals surface area contributed by atoms with Crippen LogP contribution in [-0.4, -0.2) is 35.8 Å². The molecule has 5 nitrogen and oxygen atoms in total. The van der Waals surface area contributed by atoms with E-state index in [4.69, 9.17) is 5.73 Å². The molecule has 0 aromatic heterocycles. The number of nitrogen functional groups attached to an aromatic ring is 1. The lowest BCUT2D eigenvalue weighted by Gasteiger charge is -2.21. The number of aryl methyl sites for hydroxylation is 1.